The Morgan fingerprint density at radius 3 is 2.91 bits per heavy atom. The first kappa shape index (κ1) is 14.9. The number of hydrogen-bond donors (Lipinski definition) is 1. The maximum Gasteiger partial charge on any atom is 0.227 e. The summed E-state index contributed by atoms with van der Waals surface area (Å²) in [5, 5.41) is 3.41. The predicted octanol–water partition coefficient (Wildman–Crippen LogP) is 3.17. The molecule has 7 heteroatoms. The zero-order valence-electron chi connectivity index (χ0n) is 12.8. The van der Waals surface area contributed by atoms with Crippen molar-refractivity contribution in [3.8, 4) is 0 Å². The summed E-state index contributed by atoms with van der Waals surface area (Å²) in [7, 11) is 0. The summed E-state index contributed by atoms with van der Waals surface area (Å²) in [5.74, 6) is 0.884. The molecule has 0 radical (unpaired) electrons. The Labute approximate surface area is 139 Å². The van der Waals surface area contributed by atoms with Crippen LogP contribution in [-0.4, -0.2) is 33.7 Å². The fraction of sp³-hybridized carbons (Fsp3) is 0.562. The molecule has 4 rings (SSSR count). The fourth-order valence-electron chi connectivity index (χ4n) is 3.21. The molecule has 1 saturated carbocycles. The van der Waals surface area contributed by atoms with Crippen molar-refractivity contribution in [2.24, 2.45) is 5.92 Å². The Balaban J connectivity index is 1.61. The number of nitrogens with one attached hydrogen (secondary N) is 1. The molecule has 1 atom stereocenters. The number of ether oxygens (including phenoxy) is 1. The number of rotatable bonds is 4. The van der Waals surface area contributed by atoms with E-state index in [1.165, 1.54) is 6.42 Å². The van der Waals surface area contributed by atoms with Crippen LogP contribution in [0.5, 0.6) is 0 Å². The van der Waals surface area contributed by atoms with Crippen molar-refractivity contribution in [1.29, 1.82) is 0 Å². The first-order valence-electron chi connectivity index (χ1n) is 8.13. The number of halogens is 1. The number of nitrogens with zero attached hydrogens (tertiary/aromatic N) is 3. The normalized spacial score (nSPS) is 21.5. The van der Waals surface area contributed by atoms with Gasteiger partial charge in [0.25, 0.3) is 0 Å². The van der Waals surface area contributed by atoms with Gasteiger partial charge in [0.2, 0.25) is 11.9 Å². The SMILES string of the molecule is O=C(CC1CCOC1)Nc1nc2ccc(Cl)nc2n1C1CCC1. The molecule has 1 saturated heterocycles. The summed E-state index contributed by atoms with van der Waals surface area (Å²) in [6, 6.07) is 3.92. The summed E-state index contributed by atoms with van der Waals surface area (Å²) in [5.41, 5.74) is 1.52. The molecule has 2 aromatic rings. The van der Waals surface area contributed by atoms with Gasteiger partial charge in [-0.25, -0.2) is 9.97 Å². The summed E-state index contributed by atoms with van der Waals surface area (Å²) in [6.45, 7) is 1.42. The summed E-state index contributed by atoms with van der Waals surface area (Å²) >= 11 is 6.03. The van der Waals surface area contributed by atoms with E-state index >= 15 is 0 Å². The highest BCUT2D eigenvalue weighted by molar-refractivity contribution is 6.29. The third kappa shape index (κ3) is 2.93. The first-order valence-corrected chi connectivity index (χ1v) is 8.50. The molecule has 3 heterocycles. The van der Waals surface area contributed by atoms with Crippen molar-refractivity contribution < 1.29 is 9.53 Å². The molecule has 1 unspecified atom stereocenters. The Morgan fingerprint density at radius 1 is 1.35 bits per heavy atom. The molecule has 122 valence electrons. The van der Waals surface area contributed by atoms with Crippen LogP contribution in [0.4, 0.5) is 5.95 Å². The van der Waals surface area contributed by atoms with Gasteiger partial charge in [0, 0.05) is 25.7 Å². The van der Waals surface area contributed by atoms with Crippen LogP contribution < -0.4 is 5.32 Å². The summed E-state index contributed by atoms with van der Waals surface area (Å²) in [4.78, 5) is 21.3. The quantitative estimate of drug-likeness (QED) is 0.872. The molecule has 1 amide bonds. The average Bonchev–Trinajstić information content (AvgIpc) is 3.07. The molecule has 1 aliphatic carbocycles. The lowest BCUT2D eigenvalue weighted by molar-refractivity contribution is -0.117. The molecule has 0 bridgehead atoms. The number of pyridine rings is 1. The number of fused-ring (bicyclic) bond motifs is 1. The smallest absolute Gasteiger partial charge is 0.227 e. The Morgan fingerprint density at radius 2 is 2.22 bits per heavy atom. The van der Waals surface area contributed by atoms with Crippen LogP contribution in [0.15, 0.2) is 12.1 Å². The second-order valence-corrected chi connectivity index (χ2v) is 6.74. The van der Waals surface area contributed by atoms with E-state index in [4.69, 9.17) is 16.3 Å². The van der Waals surface area contributed by atoms with E-state index in [1.54, 1.807) is 6.07 Å². The summed E-state index contributed by atoms with van der Waals surface area (Å²) in [6.07, 6.45) is 4.78. The molecule has 2 aliphatic rings. The van der Waals surface area contributed by atoms with Crippen molar-refractivity contribution in [3.05, 3.63) is 17.3 Å². The number of hydrogen-bond acceptors (Lipinski definition) is 4. The molecule has 1 aliphatic heterocycles. The maximum atomic E-state index is 12.3. The third-order valence-corrected chi connectivity index (χ3v) is 4.90. The van der Waals surface area contributed by atoms with Crippen LogP contribution in [-0.2, 0) is 9.53 Å². The number of aromatic nitrogens is 3. The number of imidazole rings is 1. The van der Waals surface area contributed by atoms with Crippen molar-refractivity contribution in [1.82, 2.24) is 14.5 Å². The second kappa shape index (κ2) is 6.09. The van der Waals surface area contributed by atoms with Gasteiger partial charge in [-0.3, -0.25) is 14.7 Å². The van der Waals surface area contributed by atoms with Gasteiger partial charge < -0.3 is 4.74 Å². The lowest BCUT2D eigenvalue weighted by atomic mass is 9.93. The van der Waals surface area contributed by atoms with E-state index in [-0.39, 0.29) is 5.91 Å². The highest BCUT2D eigenvalue weighted by Gasteiger charge is 2.27. The average molecular weight is 335 g/mol. The van der Waals surface area contributed by atoms with E-state index in [1.807, 2.05) is 10.6 Å². The molecule has 6 nitrogen and oxygen atoms in total. The van der Waals surface area contributed by atoms with E-state index in [0.717, 1.165) is 37.0 Å². The van der Waals surface area contributed by atoms with E-state index in [0.29, 0.717) is 36.1 Å². The van der Waals surface area contributed by atoms with Crippen molar-refractivity contribution >= 4 is 34.6 Å². The molecular weight excluding hydrogens is 316 g/mol. The van der Waals surface area contributed by atoms with Gasteiger partial charge in [-0.05, 0) is 43.7 Å². The third-order valence-electron chi connectivity index (χ3n) is 4.69. The van der Waals surface area contributed by atoms with Crippen LogP contribution in [0.1, 0.15) is 38.1 Å². The molecule has 0 aromatic carbocycles. The molecule has 23 heavy (non-hydrogen) atoms. The number of carbonyl (C=O) groups excluding carboxylic acids is 1. The van der Waals surface area contributed by atoms with Crippen LogP contribution in [0.25, 0.3) is 11.2 Å². The topological polar surface area (TPSA) is 69.0 Å². The highest BCUT2D eigenvalue weighted by atomic mass is 35.5. The number of anilines is 1. The fourth-order valence-corrected chi connectivity index (χ4v) is 3.36. The minimum atomic E-state index is -0.0116. The van der Waals surface area contributed by atoms with Gasteiger partial charge in [0.1, 0.15) is 10.7 Å². The first-order chi connectivity index (χ1) is 11.2. The summed E-state index contributed by atoms with van der Waals surface area (Å²) < 4.78 is 7.37. The van der Waals surface area contributed by atoms with E-state index < -0.39 is 0 Å². The van der Waals surface area contributed by atoms with Crippen LogP contribution in [0.3, 0.4) is 0 Å². The minimum absolute atomic E-state index is 0.0116. The predicted molar refractivity (Wildman–Crippen MR) is 87.6 cm³/mol. The van der Waals surface area contributed by atoms with Gasteiger partial charge >= 0.3 is 0 Å². The van der Waals surface area contributed by atoms with E-state index in [9.17, 15) is 4.79 Å². The van der Waals surface area contributed by atoms with Crippen LogP contribution in [0, 0.1) is 5.92 Å². The standard InChI is InChI=1S/C16H19ClN4O2/c17-13-5-4-12-15(19-13)21(11-2-1-3-11)16(18-12)20-14(22)8-10-6-7-23-9-10/h4-5,10-11H,1-3,6-9H2,(H,18,20,22). The Hall–Kier alpha value is -1.66. The number of carbonyl (C=O) groups is 1. The maximum absolute atomic E-state index is 12.3. The monoisotopic (exact) mass is 334 g/mol. The van der Waals surface area contributed by atoms with Gasteiger partial charge in [-0.2, -0.15) is 0 Å². The lowest BCUT2D eigenvalue weighted by Crippen LogP contribution is -2.23. The van der Waals surface area contributed by atoms with Gasteiger partial charge in [-0.1, -0.05) is 11.6 Å². The Bertz CT molecular complexity index is 735. The van der Waals surface area contributed by atoms with Crippen LogP contribution >= 0.6 is 11.6 Å². The van der Waals surface area contributed by atoms with Crippen molar-refractivity contribution in [2.45, 2.75) is 38.1 Å². The van der Waals surface area contributed by atoms with Gasteiger partial charge in [0.05, 0.1) is 0 Å². The minimum Gasteiger partial charge on any atom is -0.381 e. The van der Waals surface area contributed by atoms with Gasteiger partial charge in [0.15, 0.2) is 5.65 Å². The Kier molecular flexibility index (Phi) is 3.95. The molecule has 0 spiro atoms. The van der Waals surface area contributed by atoms with Crippen molar-refractivity contribution in [2.75, 3.05) is 18.5 Å². The van der Waals surface area contributed by atoms with Gasteiger partial charge in [-0.15, -0.1) is 0 Å². The number of amides is 1. The van der Waals surface area contributed by atoms with Crippen LogP contribution in [0.2, 0.25) is 5.15 Å². The second-order valence-electron chi connectivity index (χ2n) is 6.35. The lowest BCUT2D eigenvalue weighted by Gasteiger charge is -2.28. The zero-order valence-corrected chi connectivity index (χ0v) is 13.6. The molecule has 2 fully saturated rings. The molecule has 1 N–H and O–H groups in total. The highest BCUT2D eigenvalue weighted by Crippen LogP contribution is 2.37. The van der Waals surface area contributed by atoms with Crippen molar-refractivity contribution in [3.63, 3.8) is 0 Å². The zero-order chi connectivity index (χ0) is 15.8. The molecule has 2 aromatic heterocycles. The van der Waals surface area contributed by atoms with E-state index in [2.05, 4.69) is 15.3 Å². The molecular formula is C16H19ClN4O2. The largest absolute Gasteiger partial charge is 0.381 e.